The lowest BCUT2D eigenvalue weighted by atomic mass is 10.1. The summed E-state index contributed by atoms with van der Waals surface area (Å²) >= 11 is 5.96. The molecule has 92 valence electrons. The van der Waals surface area contributed by atoms with E-state index in [0.29, 0.717) is 12.2 Å². The number of benzene rings is 1. The van der Waals surface area contributed by atoms with Crippen molar-refractivity contribution in [1.82, 2.24) is 0 Å². The smallest absolute Gasteiger partial charge is 0.271 e. The van der Waals surface area contributed by atoms with E-state index in [9.17, 15) is 14.9 Å². The zero-order valence-corrected chi connectivity index (χ0v) is 10.1. The van der Waals surface area contributed by atoms with Crippen LogP contribution in [0.2, 0.25) is 5.02 Å². The van der Waals surface area contributed by atoms with Crippen molar-refractivity contribution >= 4 is 28.9 Å². The van der Waals surface area contributed by atoms with Gasteiger partial charge in [-0.2, -0.15) is 0 Å². The highest BCUT2D eigenvalue weighted by molar-refractivity contribution is 6.34. The number of carbonyl (C=O) groups is 1. The maximum absolute atomic E-state index is 11.8. The van der Waals surface area contributed by atoms with Gasteiger partial charge in [0.15, 0.2) is 0 Å². The van der Waals surface area contributed by atoms with Gasteiger partial charge in [0.2, 0.25) is 5.91 Å². The van der Waals surface area contributed by atoms with Crippen molar-refractivity contribution in [2.75, 3.05) is 11.4 Å². The van der Waals surface area contributed by atoms with Gasteiger partial charge in [0, 0.05) is 31.0 Å². The number of carbonyl (C=O) groups excluding carboxylic acids is 1. The SMILES string of the molecule is C#CC1CC(=O)N(c2ccc([N+](=O)[O-])cc2Cl)C1. The first-order valence-corrected chi connectivity index (χ1v) is 5.61. The normalized spacial score (nSPS) is 18.8. The van der Waals surface area contributed by atoms with Gasteiger partial charge in [0.25, 0.3) is 5.69 Å². The molecule has 6 heteroatoms. The molecular formula is C12H9ClN2O3. The van der Waals surface area contributed by atoms with Gasteiger partial charge < -0.3 is 4.90 Å². The highest BCUT2D eigenvalue weighted by atomic mass is 35.5. The standard InChI is InChI=1S/C12H9ClN2O3/c1-2-8-5-12(16)14(7-8)11-4-3-9(15(17)18)6-10(11)13/h1,3-4,6,8H,5,7H2. The van der Waals surface area contributed by atoms with Crippen LogP contribution >= 0.6 is 11.6 Å². The van der Waals surface area contributed by atoms with Crippen molar-refractivity contribution in [2.24, 2.45) is 5.92 Å². The number of non-ortho nitro benzene ring substituents is 1. The number of rotatable bonds is 2. The van der Waals surface area contributed by atoms with E-state index < -0.39 is 4.92 Å². The number of hydrogen-bond donors (Lipinski definition) is 0. The van der Waals surface area contributed by atoms with E-state index >= 15 is 0 Å². The molecule has 1 aromatic carbocycles. The summed E-state index contributed by atoms with van der Waals surface area (Å²) in [7, 11) is 0. The predicted octanol–water partition coefficient (Wildman–Crippen LogP) is 2.23. The molecule has 0 spiro atoms. The first-order chi connectivity index (χ1) is 8.52. The number of nitrogens with zero attached hydrogens (tertiary/aromatic N) is 2. The molecule has 0 aliphatic carbocycles. The van der Waals surface area contributed by atoms with Gasteiger partial charge in [-0.05, 0) is 6.07 Å². The largest absolute Gasteiger partial charge is 0.310 e. The van der Waals surface area contributed by atoms with Crippen molar-refractivity contribution in [1.29, 1.82) is 0 Å². The number of nitro benzene ring substituents is 1. The lowest BCUT2D eigenvalue weighted by molar-refractivity contribution is -0.384. The average Bonchev–Trinajstić information content (AvgIpc) is 2.70. The van der Waals surface area contributed by atoms with Crippen LogP contribution in [-0.2, 0) is 4.79 Å². The molecule has 18 heavy (non-hydrogen) atoms. The van der Waals surface area contributed by atoms with Crippen molar-refractivity contribution < 1.29 is 9.72 Å². The molecule has 2 rings (SSSR count). The molecule has 5 nitrogen and oxygen atoms in total. The molecule has 1 fully saturated rings. The fraction of sp³-hybridized carbons (Fsp3) is 0.250. The molecule has 0 bridgehead atoms. The van der Waals surface area contributed by atoms with E-state index in [0.717, 1.165) is 0 Å². The first-order valence-electron chi connectivity index (χ1n) is 5.23. The van der Waals surface area contributed by atoms with Crippen LogP contribution in [0.3, 0.4) is 0 Å². The summed E-state index contributed by atoms with van der Waals surface area (Å²) in [6, 6.07) is 4.02. The Labute approximate surface area is 108 Å². The molecular weight excluding hydrogens is 256 g/mol. The number of terminal acetylenes is 1. The third kappa shape index (κ3) is 2.15. The van der Waals surface area contributed by atoms with E-state index in [2.05, 4.69) is 5.92 Å². The van der Waals surface area contributed by atoms with Crippen LogP contribution < -0.4 is 4.90 Å². The van der Waals surface area contributed by atoms with Crippen LogP contribution in [-0.4, -0.2) is 17.4 Å². The molecule has 1 aliphatic heterocycles. The van der Waals surface area contributed by atoms with E-state index in [1.165, 1.54) is 23.1 Å². The third-order valence-corrected chi connectivity index (χ3v) is 3.10. The Morgan fingerprint density at radius 1 is 1.56 bits per heavy atom. The summed E-state index contributed by atoms with van der Waals surface area (Å²) in [6.45, 7) is 0.396. The van der Waals surface area contributed by atoms with Crippen molar-refractivity contribution in [3.63, 3.8) is 0 Å². The molecule has 0 N–H and O–H groups in total. The van der Waals surface area contributed by atoms with Crippen molar-refractivity contribution in [2.45, 2.75) is 6.42 Å². The minimum atomic E-state index is -0.536. The fourth-order valence-corrected chi connectivity index (χ4v) is 2.16. The van der Waals surface area contributed by atoms with E-state index in [1.807, 2.05) is 0 Å². The Bertz CT molecular complexity index is 565. The van der Waals surface area contributed by atoms with Gasteiger partial charge in [-0.25, -0.2) is 0 Å². The Morgan fingerprint density at radius 3 is 2.78 bits per heavy atom. The monoisotopic (exact) mass is 264 g/mol. The van der Waals surface area contributed by atoms with Crippen LogP contribution in [0.4, 0.5) is 11.4 Å². The Balaban J connectivity index is 2.33. The number of hydrogen-bond acceptors (Lipinski definition) is 3. The predicted molar refractivity (Wildman–Crippen MR) is 67.4 cm³/mol. The lowest BCUT2D eigenvalue weighted by Crippen LogP contribution is -2.24. The van der Waals surface area contributed by atoms with Gasteiger partial charge in [-0.15, -0.1) is 12.3 Å². The molecule has 1 atom stereocenters. The van der Waals surface area contributed by atoms with Gasteiger partial charge in [0.1, 0.15) is 0 Å². The lowest BCUT2D eigenvalue weighted by Gasteiger charge is -2.17. The van der Waals surface area contributed by atoms with Crippen LogP contribution in [0.5, 0.6) is 0 Å². The summed E-state index contributed by atoms with van der Waals surface area (Å²) in [5, 5.41) is 10.8. The topological polar surface area (TPSA) is 63.5 Å². The Kier molecular flexibility index (Phi) is 3.21. The molecule has 1 heterocycles. The van der Waals surface area contributed by atoms with Gasteiger partial charge in [0.05, 0.1) is 15.6 Å². The zero-order valence-electron chi connectivity index (χ0n) is 9.30. The summed E-state index contributed by atoms with van der Waals surface area (Å²) in [4.78, 5) is 23.3. The van der Waals surface area contributed by atoms with Crippen LogP contribution in [0.1, 0.15) is 6.42 Å². The minimum absolute atomic E-state index is 0.108. The molecule has 1 saturated heterocycles. The second kappa shape index (κ2) is 4.67. The summed E-state index contributed by atoms with van der Waals surface area (Å²) in [6.07, 6.45) is 5.57. The van der Waals surface area contributed by atoms with Gasteiger partial charge in [-0.3, -0.25) is 14.9 Å². The molecule has 1 amide bonds. The van der Waals surface area contributed by atoms with Crippen molar-refractivity contribution in [3.05, 3.63) is 33.3 Å². The summed E-state index contributed by atoms with van der Waals surface area (Å²) in [5.41, 5.74) is 0.355. The second-order valence-corrected chi connectivity index (χ2v) is 4.37. The highest BCUT2D eigenvalue weighted by Crippen LogP contribution is 2.33. The Morgan fingerprint density at radius 2 is 2.28 bits per heavy atom. The molecule has 0 radical (unpaired) electrons. The Hall–Kier alpha value is -2.06. The minimum Gasteiger partial charge on any atom is -0.310 e. The van der Waals surface area contributed by atoms with E-state index in [1.54, 1.807) is 0 Å². The van der Waals surface area contributed by atoms with Gasteiger partial charge in [-0.1, -0.05) is 11.6 Å². The number of nitro groups is 1. The van der Waals surface area contributed by atoms with E-state index in [-0.39, 0.29) is 29.0 Å². The van der Waals surface area contributed by atoms with Gasteiger partial charge >= 0.3 is 0 Å². The maximum Gasteiger partial charge on any atom is 0.271 e. The molecule has 0 saturated carbocycles. The average molecular weight is 265 g/mol. The number of halogens is 1. The maximum atomic E-state index is 11.8. The first kappa shape index (κ1) is 12.4. The number of amides is 1. The second-order valence-electron chi connectivity index (χ2n) is 3.96. The quantitative estimate of drug-likeness (QED) is 0.467. The molecule has 1 aromatic rings. The van der Waals surface area contributed by atoms with Crippen LogP contribution in [0, 0.1) is 28.4 Å². The molecule has 0 aromatic heterocycles. The summed E-state index contributed by atoms with van der Waals surface area (Å²) < 4.78 is 0. The van der Waals surface area contributed by atoms with Crippen LogP contribution in [0.15, 0.2) is 18.2 Å². The number of anilines is 1. The highest BCUT2D eigenvalue weighted by Gasteiger charge is 2.30. The molecule has 1 unspecified atom stereocenters. The van der Waals surface area contributed by atoms with Crippen LogP contribution in [0.25, 0.3) is 0 Å². The molecule has 1 aliphatic rings. The fourth-order valence-electron chi connectivity index (χ4n) is 1.88. The third-order valence-electron chi connectivity index (χ3n) is 2.79. The van der Waals surface area contributed by atoms with Crippen molar-refractivity contribution in [3.8, 4) is 12.3 Å². The zero-order chi connectivity index (χ0) is 13.3. The van der Waals surface area contributed by atoms with E-state index in [4.69, 9.17) is 18.0 Å². The summed E-state index contributed by atoms with van der Waals surface area (Å²) in [5.74, 6) is 2.28.